The van der Waals surface area contributed by atoms with Gasteiger partial charge in [-0.1, -0.05) is 18.2 Å². The molecule has 0 atom stereocenters. The molecule has 3 aromatic rings. The summed E-state index contributed by atoms with van der Waals surface area (Å²) in [6.07, 6.45) is 1.58. The van der Waals surface area contributed by atoms with Gasteiger partial charge in [0.15, 0.2) is 0 Å². The Hall–Kier alpha value is -2.64. The van der Waals surface area contributed by atoms with E-state index in [-0.39, 0.29) is 18.0 Å². The number of benzene rings is 2. The Kier molecular flexibility index (Phi) is 5.39. The molecule has 0 fully saturated rings. The van der Waals surface area contributed by atoms with Gasteiger partial charge < -0.3 is 0 Å². The average molecular weight is 374 g/mol. The van der Waals surface area contributed by atoms with Gasteiger partial charge in [0.05, 0.1) is 17.1 Å². The van der Waals surface area contributed by atoms with Crippen LogP contribution in [0.3, 0.4) is 0 Å². The zero-order chi connectivity index (χ0) is 18.6. The molecule has 134 valence electrons. The highest BCUT2D eigenvalue weighted by Gasteiger charge is 2.25. The number of pyridine rings is 1. The third-order valence-electron chi connectivity index (χ3n) is 3.79. The number of nitrogens with zero attached hydrogens (tertiary/aromatic N) is 2. The van der Waals surface area contributed by atoms with Gasteiger partial charge >= 0.3 is 0 Å². The molecule has 1 heterocycles. The van der Waals surface area contributed by atoms with Gasteiger partial charge in [-0.05, 0) is 54.1 Å². The second kappa shape index (κ2) is 7.72. The van der Waals surface area contributed by atoms with Crippen LogP contribution in [0, 0.1) is 11.6 Å². The van der Waals surface area contributed by atoms with Crippen LogP contribution in [-0.2, 0) is 23.1 Å². The van der Waals surface area contributed by atoms with Crippen molar-refractivity contribution in [2.24, 2.45) is 0 Å². The molecular formula is C19H16F2N2O2S. The Bertz CT molecular complexity index is 961. The maximum absolute atomic E-state index is 13.2. The van der Waals surface area contributed by atoms with Crippen molar-refractivity contribution in [3.05, 3.63) is 95.8 Å². The topological polar surface area (TPSA) is 50.3 Å². The van der Waals surface area contributed by atoms with E-state index in [1.807, 2.05) is 0 Å². The van der Waals surface area contributed by atoms with Gasteiger partial charge in [-0.3, -0.25) is 4.98 Å². The minimum absolute atomic E-state index is 0.0167. The third kappa shape index (κ3) is 4.30. The number of sulfonamides is 1. The predicted molar refractivity (Wildman–Crippen MR) is 93.5 cm³/mol. The van der Waals surface area contributed by atoms with Crippen molar-refractivity contribution >= 4 is 10.0 Å². The first-order valence-electron chi connectivity index (χ1n) is 7.85. The van der Waals surface area contributed by atoms with Crippen LogP contribution in [0.5, 0.6) is 0 Å². The van der Waals surface area contributed by atoms with Crippen LogP contribution in [0.4, 0.5) is 8.78 Å². The molecule has 0 unspecified atom stereocenters. The van der Waals surface area contributed by atoms with Crippen LogP contribution >= 0.6 is 0 Å². The lowest BCUT2D eigenvalue weighted by Gasteiger charge is -2.22. The van der Waals surface area contributed by atoms with E-state index in [0.717, 1.165) is 12.1 Å². The lowest BCUT2D eigenvalue weighted by atomic mass is 10.2. The number of rotatable bonds is 6. The van der Waals surface area contributed by atoms with Crippen LogP contribution in [0.15, 0.2) is 77.8 Å². The van der Waals surface area contributed by atoms with Gasteiger partial charge in [-0.25, -0.2) is 17.2 Å². The van der Waals surface area contributed by atoms with E-state index >= 15 is 0 Å². The molecule has 2 aromatic carbocycles. The van der Waals surface area contributed by atoms with Crippen LogP contribution < -0.4 is 0 Å². The molecule has 3 rings (SSSR count). The van der Waals surface area contributed by atoms with E-state index in [0.29, 0.717) is 11.3 Å². The highest BCUT2D eigenvalue weighted by molar-refractivity contribution is 7.89. The van der Waals surface area contributed by atoms with Gasteiger partial charge in [0.2, 0.25) is 10.0 Å². The molecule has 0 N–H and O–H groups in total. The van der Waals surface area contributed by atoms with Crippen molar-refractivity contribution in [1.82, 2.24) is 9.29 Å². The second-order valence-corrected chi connectivity index (χ2v) is 7.61. The lowest BCUT2D eigenvalue weighted by Crippen LogP contribution is -2.30. The number of halogens is 2. The molecule has 0 aliphatic carbocycles. The Labute approximate surface area is 150 Å². The minimum atomic E-state index is -3.89. The molecule has 7 heteroatoms. The first-order chi connectivity index (χ1) is 12.4. The summed E-state index contributed by atoms with van der Waals surface area (Å²) in [5.41, 5.74) is 1.20. The zero-order valence-electron chi connectivity index (χ0n) is 13.7. The van der Waals surface area contributed by atoms with E-state index in [1.165, 1.54) is 40.7 Å². The summed E-state index contributed by atoms with van der Waals surface area (Å²) >= 11 is 0. The zero-order valence-corrected chi connectivity index (χ0v) is 14.5. The third-order valence-corrected chi connectivity index (χ3v) is 5.59. The predicted octanol–water partition coefficient (Wildman–Crippen LogP) is 3.75. The monoisotopic (exact) mass is 374 g/mol. The molecule has 0 radical (unpaired) electrons. The molecular weight excluding hydrogens is 358 g/mol. The van der Waals surface area contributed by atoms with Crippen molar-refractivity contribution in [3.8, 4) is 0 Å². The SMILES string of the molecule is O=S(=O)(c1ccc(F)cc1)N(Cc1ccc(F)cc1)Cc1ccccn1. The lowest BCUT2D eigenvalue weighted by molar-refractivity contribution is 0.396. The fourth-order valence-electron chi connectivity index (χ4n) is 2.45. The Morgan fingerprint density at radius 2 is 1.42 bits per heavy atom. The van der Waals surface area contributed by atoms with Crippen LogP contribution in [0.2, 0.25) is 0 Å². The maximum atomic E-state index is 13.2. The normalized spacial score (nSPS) is 11.7. The van der Waals surface area contributed by atoms with Gasteiger partial charge in [-0.2, -0.15) is 4.31 Å². The molecule has 0 saturated heterocycles. The van der Waals surface area contributed by atoms with Crippen molar-refractivity contribution in [3.63, 3.8) is 0 Å². The smallest absolute Gasteiger partial charge is 0.243 e. The largest absolute Gasteiger partial charge is 0.260 e. The summed E-state index contributed by atoms with van der Waals surface area (Å²) in [5, 5.41) is 0. The second-order valence-electron chi connectivity index (χ2n) is 5.67. The molecule has 0 aliphatic rings. The summed E-state index contributed by atoms with van der Waals surface area (Å²) in [4.78, 5) is 4.15. The average Bonchev–Trinajstić information content (AvgIpc) is 2.64. The highest BCUT2D eigenvalue weighted by Crippen LogP contribution is 2.21. The molecule has 0 saturated carbocycles. The minimum Gasteiger partial charge on any atom is -0.260 e. The Balaban J connectivity index is 1.95. The van der Waals surface area contributed by atoms with E-state index in [1.54, 1.807) is 24.4 Å². The molecule has 0 amide bonds. The number of hydrogen-bond acceptors (Lipinski definition) is 3. The number of hydrogen-bond donors (Lipinski definition) is 0. The van der Waals surface area contributed by atoms with Crippen molar-refractivity contribution in [2.45, 2.75) is 18.0 Å². The fourth-order valence-corrected chi connectivity index (χ4v) is 3.85. The molecule has 0 spiro atoms. The van der Waals surface area contributed by atoms with Crippen LogP contribution in [0.25, 0.3) is 0 Å². The first-order valence-corrected chi connectivity index (χ1v) is 9.29. The van der Waals surface area contributed by atoms with E-state index < -0.39 is 21.7 Å². The van der Waals surface area contributed by atoms with Crippen molar-refractivity contribution in [2.75, 3.05) is 0 Å². The van der Waals surface area contributed by atoms with E-state index in [4.69, 9.17) is 0 Å². The van der Waals surface area contributed by atoms with Gasteiger partial charge in [0, 0.05) is 12.7 Å². The molecule has 0 aliphatic heterocycles. The highest BCUT2D eigenvalue weighted by atomic mass is 32.2. The molecule has 26 heavy (non-hydrogen) atoms. The summed E-state index contributed by atoms with van der Waals surface area (Å²) < 4.78 is 53.6. The van der Waals surface area contributed by atoms with E-state index in [2.05, 4.69) is 4.98 Å². The Morgan fingerprint density at radius 3 is 2.00 bits per heavy atom. The molecule has 0 bridgehead atoms. The first kappa shape index (κ1) is 18.2. The van der Waals surface area contributed by atoms with Gasteiger partial charge in [-0.15, -0.1) is 0 Å². The fraction of sp³-hybridized carbons (Fsp3) is 0.105. The molecule has 4 nitrogen and oxygen atoms in total. The van der Waals surface area contributed by atoms with Crippen molar-refractivity contribution in [1.29, 1.82) is 0 Å². The standard InChI is InChI=1S/C19H16F2N2O2S/c20-16-6-4-15(5-7-16)13-23(14-18-3-1-2-12-22-18)26(24,25)19-10-8-17(21)9-11-19/h1-12H,13-14H2. The van der Waals surface area contributed by atoms with E-state index in [9.17, 15) is 17.2 Å². The van der Waals surface area contributed by atoms with Crippen LogP contribution in [-0.4, -0.2) is 17.7 Å². The van der Waals surface area contributed by atoms with Gasteiger partial charge in [0.25, 0.3) is 0 Å². The summed E-state index contributed by atoms with van der Waals surface area (Å²) in [7, 11) is -3.89. The summed E-state index contributed by atoms with van der Waals surface area (Å²) in [5.74, 6) is -0.912. The maximum Gasteiger partial charge on any atom is 0.243 e. The summed E-state index contributed by atoms with van der Waals surface area (Å²) in [6.45, 7) is 0.0779. The Morgan fingerprint density at radius 1 is 0.808 bits per heavy atom. The molecule has 1 aromatic heterocycles. The van der Waals surface area contributed by atoms with Gasteiger partial charge in [0.1, 0.15) is 11.6 Å². The quantitative estimate of drug-likeness (QED) is 0.660. The number of aromatic nitrogens is 1. The summed E-state index contributed by atoms with van der Waals surface area (Å²) in [6, 6.07) is 15.5. The van der Waals surface area contributed by atoms with Crippen LogP contribution in [0.1, 0.15) is 11.3 Å². The van der Waals surface area contributed by atoms with Crippen molar-refractivity contribution < 1.29 is 17.2 Å².